The maximum Gasteiger partial charge on any atom is 0.0822 e. The summed E-state index contributed by atoms with van der Waals surface area (Å²) in [6.07, 6.45) is 4.23. The van der Waals surface area contributed by atoms with E-state index in [0.29, 0.717) is 12.0 Å². The van der Waals surface area contributed by atoms with Gasteiger partial charge in [-0.05, 0) is 58.9 Å². The van der Waals surface area contributed by atoms with E-state index in [1.807, 2.05) is 0 Å². The van der Waals surface area contributed by atoms with Crippen molar-refractivity contribution in [2.24, 2.45) is 5.41 Å². The molecule has 3 atom stereocenters. The average Bonchev–Trinajstić information content (AvgIpc) is 2.79. The Balaban J connectivity index is 1.63. The average molecular weight is 362 g/mol. The van der Waals surface area contributed by atoms with Crippen molar-refractivity contribution in [1.29, 1.82) is 0 Å². The van der Waals surface area contributed by atoms with E-state index in [1.54, 1.807) is 11.1 Å². The Morgan fingerprint density at radius 2 is 1.67 bits per heavy atom. The lowest BCUT2D eigenvalue weighted by molar-refractivity contribution is -0.122. The highest BCUT2D eigenvalue weighted by Crippen LogP contribution is 2.50. The first-order valence-electron chi connectivity index (χ1n) is 10.5. The largest absolute Gasteiger partial charge is 0.388 e. The van der Waals surface area contributed by atoms with Gasteiger partial charge in [-0.25, -0.2) is 0 Å². The van der Waals surface area contributed by atoms with E-state index in [1.165, 1.54) is 16.7 Å². The number of hydrogen-bond acceptors (Lipinski definition) is 2. The van der Waals surface area contributed by atoms with Gasteiger partial charge in [0.15, 0.2) is 0 Å². The van der Waals surface area contributed by atoms with Crippen molar-refractivity contribution in [2.75, 3.05) is 13.1 Å². The summed E-state index contributed by atoms with van der Waals surface area (Å²) in [4.78, 5) is 2.59. The van der Waals surface area contributed by atoms with Gasteiger partial charge in [-0.3, -0.25) is 4.90 Å². The van der Waals surface area contributed by atoms with Crippen LogP contribution in [0.2, 0.25) is 0 Å². The molecule has 2 aromatic carbocycles. The van der Waals surface area contributed by atoms with Gasteiger partial charge in [0, 0.05) is 25.0 Å². The van der Waals surface area contributed by atoms with E-state index in [9.17, 15) is 5.11 Å². The van der Waals surface area contributed by atoms with Crippen LogP contribution in [0.1, 0.15) is 73.4 Å². The molecule has 2 aliphatic heterocycles. The summed E-state index contributed by atoms with van der Waals surface area (Å²) in [6.45, 7) is 8.37. The van der Waals surface area contributed by atoms with E-state index in [4.69, 9.17) is 0 Å². The van der Waals surface area contributed by atoms with Gasteiger partial charge in [0.1, 0.15) is 0 Å². The van der Waals surface area contributed by atoms with E-state index in [2.05, 4.69) is 68.1 Å². The zero-order valence-electron chi connectivity index (χ0n) is 16.8. The molecule has 0 saturated carbocycles. The van der Waals surface area contributed by atoms with Gasteiger partial charge < -0.3 is 5.11 Å². The topological polar surface area (TPSA) is 23.5 Å². The molecule has 0 bridgehead atoms. The fourth-order valence-corrected chi connectivity index (χ4v) is 5.76. The second kappa shape index (κ2) is 5.93. The van der Waals surface area contributed by atoms with Crippen LogP contribution in [0.3, 0.4) is 0 Å². The monoisotopic (exact) mass is 361 g/mol. The van der Waals surface area contributed by atoms with Crippen molar-refractivity contribution in [3.63, 3.8) is 0 Å². The second-order valence-electron chi connectivity index (χ2n) is 9.94. The molecule has 2 aromatic rings. The molecule has 2 heteroatoms. The molecule has 1 fully saturated rings. The molecule has 27 heavy (non-hydrogen) atoms. The predicted octanol–water partition coefficient (Wildman–Crippen LogP) is 4.84. The smallest absolute Gasteiger partial charge is 0.0822 e. The van der Waals surface area contributed by atoms with Crippen LogP contribution in [-0.4, -0.2) is 28.7 Å². The zero-order valence-corrected chi connectivity index (χ0v) is 16.8. The number of benzene rings is 2. The quantitative estimate of drug-likeness (QED) is 0.725. The number of hydrogen-bond donors (Lipinski definition) is 1. The predicted molar refractivity (Wildman–Crippen MR) is 110 cm³/mol. The molecule has 1 aliphatic carbocycles. The zero-order chi connectivity index (χ0) is 18.8. The molecule has 2 heterocycles. The fraction of sp³-hybridized carbons (Fsp3) is 0.520. The van der Waals surface area contributed by atoms with Crippen molar-refractivity contribution in [3.05, 3.63) is 70.3 Å². The molecule has 0 amide bonds. The Morgan fingerprint density at radius 3 is 2.48 bits per heavy atom. The third-order valence-corrected chi connectivity index (χ3v) is 7.58. The molecule has 5 rings (SSSR count). The first kappa shape index (κ1) is 17.5. The Kier molecular flexibility index (Phi) is 3.83. The Hall–Kier alpha value is -1.64. The van der Waals surface area contributed by atoms with Crippen molar-refractivity contribution >= 4 is 0 Å². The minimum absolute atomic E-state index is 0.0958. The van der Waals surface area contributed by atoms with Gasteiger partial charge in [0.2, 0.25) is 0 Å². The second-order valence-corrected chi connectivity index (χ2v) is 9.94. The molecule has 3 aliphatic rings. The number of aryl methyl sites for hydroxylation is 2. The van der Waals surface area contributed by atoms with Crippen LogP contribution in [0.25, 0.3) is 0 Å². The van der Waals surface area contributed by atoms with Crippen molar-refractivity contribution < 1.29 is 5.11 Å². The number of aliphatic hydroxyl groups is 1. The molecule has 1 saturated heterocycles. The highest BCUT2D eigenvalue weighted by atomic mass is 16.3. The minimum Gasteiger partial charge on any atom is -0.388 e. The molecule has 0 radical (unpaired) electrons. The van der Waals surface area contributed by atoms with Crippen LogP contribution in [0, 0.1) is 5.41 Å². The standard InChI is InChI=1S/C25H31NO/c1-24(2,3)25(27)14-13-22-20-10-6-8-18-12-11-17-7-4-5-9-19(17)21(23(18)20)15-26(22)16-25/h4-10,21-22,27H,11-16H2,1-3H3/t21-,22+,25+/m0/s1. The summed E-state index contributed by atoms with van der Waals surface area (Å²) in [6, 6.07) is 16.5. The van der Waals surface area contributed by atoms with E-state index in [0.717, 1.165) is 38.8 Å². The summed E-state index contributed by atoms with van der Waals surface area (Å²) in [7, 11) is 0. The highest BCUT2D eigenvalue weighted by molar-refractivity contribution is 5.51. The maximum absolute atomic E-state index is 11.4. The summed E-state index contributed by atoms with van der Waals surface area (Å²) in [5.41, 5.74) is 6.98. The maximum atomic E-state index is 11.4. The van der Waals surface area contributed by atoms with Crippen molar-refractivity contribution in [3.8, 4) is 0 Å². The lowest BCUT2D eigenvalue weighted by atomic mass is 9.68. The number of nitrogens with zero attached hydrogens (tertiary/aromatic N) is 1. The van der Waals surface area contributed by atoms with Crippen LogP contribution in [0.15, 0.2) is 42.5 Å². The normalized spacial score (nSPS) is 30.1. The molecule has 0 unspecified atom stereocenters. The lowest BCUT2D eigenvalue weighted by Crippen LogP contribution is -2.58. The summed E-state index contributed by atoms with van der Waals surface area (Å²) < 4.78 is 0. The van der Waals surface area contributed by atoms with Gasteiger partial charge in [0.05, 0.1) is 5.60 Å². The number of fused-ring (bicyclic) bond motifs is 4. The van der Waals surface area contributed by atoms with Gasteiger partial charge in [-0.1, -0.05) is 63.2 Å². The Morgan fingerprint density at radius 1 is 0.963 bits per heavy atom. The first-order valence-corrected chi connectivity index (χ1v) is 10.5. The summed E-state index contributed by atoms with van der Waals surface area (Å²) in [5, 5.41) is 11.4. The lowest BCUT2D eigenvalue weighted by Gasteiger charge is -2.53. The van der Waals surface area contributed by atoms with Gasteiger partial charge in [-0.2, -0.15) is 0 Å². The highest BCUT2D eigenvalue weighted by Gasteiger charge is 2.49. The Bertz CT molecular complexity index is 880. The van der Waals surface area contributed by atoms with Crippen molar-refractivity contribution in [1.82, 2.24) is 4.90 Å². The molecular formula is C25H31NO. The fourth-order valence-electron chi connectivity index (χ4n) is 5.76. The van der Waals surface area contributed by atoms with Crippen LogP contribution in [-0.2, 0) is 12.8 Å². The third-order valence-electron chi connectivity index (χ3n) is 7.58. The van der Waals surface area contributed by atoms with Crippen LogP contribution in [0.4, 0.5) is 0 Å². The van der Waals surface area contributed by atoms with E-state index >= 15 is 0 Å². The molecule has 2 nitrogen and oxygen atoms in total. The van der Waals surface area contributed by atoms with E-state index in [-0.39, 0.29) is 5.41 Å². The molecular weight excluding hydrogens is 330 g/mol. The molecule has 1 N–H and O–H groups in total. The van der Waals surface area contributed by atoms with E-state index < -0.39 is 5.60 Å². The number of piperidine rings is 1. The van der Waals surface area contributed by atoms with Crippen LogP contribution >= 0.6 is 0 Å². The molecule has 0 spiro atoms. The SMILES string of the molecule is CC(C)(C)[C@@]1(O)CC[C@@H]2c3cccc4c3[C@@H](CN2C1)c1ccccc1CC4. The van der Waals surface area contributed by atoms with Gasteiger partial charge >= 0.3 is 0 Å². The summed E-state index contributed by atoms with van der Waals surface area (Å²) in [5.74, 6) is 0.438. The van der Waals surface area contributed by atoms with Crippen molar-refractivity contribution in [2.45, 2.75) is 64.0 Å². The van der Waals surface area contributed by atoms with Gasteiger partial charge in [-0.15, -0.1) is 0 Å². The van der Waals surface area contributed by atoms with Crippen LogP contribution < -0.4 is 0 Å². The molecule has 142 valence electrons. The minimum atomic E-state index is -0.608. The summed E-state index contributed by atoms with van der Waals surface area (Å²) >= 11 is 0. The van der Waals surface area contributed by atoms with Gasteiger partial charge in [0.25, 0.3) is 0 Å². The number of rotatable bonds is 0. The van der Waals surface area contributed by atoms with Crippen LogP contribution in [0.5, 0.6) is 0 Å². The Labute approximate surface area is 163 Å². The molecule has 0 aromatic heterocycles. The first-order chi connectivity index (χ1) is 12.9. The third kappa shape index (κ3) is 2.61.